The van der Waals surface area contributed by atoms with E-state index < -0.39 is 5.67 Å². The lowest BCUT2D eigenvalue weighted by molar-refractivity contribution is -0.120. The van der Waals surface area contributed by atoms with Gasteiger partial charge >= 0.3 is 0 Å². The predicted molar refractivity (Wildman–Crippen MR) is 47.9 cm³/mol. The molecule has 0 aromatic rings. The van der Waals surface area contributed by atoms with Crippen molar-refractivity contribution in [2.24, 2.45) is 16.6 Å². The van der Waals surface area contributed by atoms with Crippen molar-refractivity contribution in [3.8, 4) is 0 Å². The summed E-state index contributed by atoms with van der Waals surface area (Å²) in [5, 5.41) is 2.36. The molecule has 0 bridgehead atoms. The molecule has 1 amide bonds. The molecule has 1 aliphatic carbocycles. The number of hydrogen-bond donors (Lipinski definition) is 2. The third-order valence-corrected chi connectivity index (χ3v) is 2.28. The molecule has 0 radical (unpaired) electrons. The molecule has 0 saturated heterocycles. The number of halogens is 1. The van der Waals surface area contributed by atoms with E-state index in [9.17, 15) is 9.18 Å². The van der Waals surface area contributed by atoms with Crippen LogP contribution in [0.2, 0.25) is 0 Å². The first kappa shape index (κ1) is 9.95. The number of nitrogens with one attached hydrogen (secondary N) is 1. The molecule has 3 N–H and O–H groups in total. The molecule has 4 nitrogen and oxygen atoms in total. The van der Waals surface area contributed by atoms with Crippen LogP contribution in [0.15, 0.2) is 4.99 Å². The van der Waals surface area contributed by atoms with Gasteiger partial charge in [-0.3, -0.25) is 15.1 Å². The van der Waals surface area contributed by atoms with Crippen LogP contribution in [0.5, 0.6) is 0 Å². The number of amides is 1. The highest BCUT2D eigenvalue weighted by atomic mass is 19.1. The predicted octanol–water partition coefficient (Wildman–Crippen LogP) is 0.185. The SMILES string of the molecule is CN=C(N)NC(=O)CC1CC1(C)F. The maximum absolute atomic E-state index is 13.0. The summed E-state index contributed by atoms with van der Waals surface area (Å²) in [6.45, 7) is 1.50. The number of rotatable bonds is 2. The van der Waals surface area contributed by atoms with E-state index in [0.717, 1.165) is 0 Å². The molecule has 0 aromatic heterocycles. The highest BCUT2D eigenvalue weighted by molar-refractivity contribution is 5.96. The van der Waals surface area contributed by atoms with Crippen LogP contribution in [-0.4, -0.2) is 24.6 Å². The molecule has 5 heteroatoms. The number of aliphatic imine (C=N–C) groups is 1. The zero-order valence-electron chi connectivity index (χ0n) is 7.80. The molecule has 74 valence electrons. The summed E-state index contributed by atoms with van der Waals surface area (Å²) in [5.74, 6) is -0.349. The van der Waals surface area contributed by atoms with Gasteiger partial charge in [-0.15, -0.1) is 0 Å². The Morgan fingerprint density at radius 3 is 2.77 bits per heavy atom. The van der Waals surface area contributed by atoms with Crippen LogP contribution in [0.3, 0.4) is 0 Å². The molecule has 2 unspecified atom stereocenters. The number of nitrogens with zero attached hydrogens (tertiary/aromatic N) is 1. The monoisotopic (exact) mass is 187 g/mol. The van der Waals surface area contributed by atoms with Gasteiger partial charge in [-0.2, -0.15) is 0 Å². The summed E-state index contributed by atoms with van der Waals surface area (Å²) in [6.07, 6.45) is 0.646. The van der Waals surface area contributed by atoms with E-state index in [1.54, 1.807) is 0 Å². The van der Waals surface area contributed by atoms with E-state index in [1.807, 2.05) is 0 Å². The topological polar surface area (TPSA) is 67.5 Å². The van der Waals surface area contributed by atoms with Gasteiger partial charge in [-0.1, -0.05) is 0 Å². The molecular weight excluding hydrogens is 173 g/mol. The largest absolute Gasteiger partial charge is 0.370 e. The fraction of sp³-hybridized carbons (Fsp3) is 0.750. The Bertz CT molecular complexity index is 250. The molecule has 2 atom stereocenters. The summed E-state index contributed by atoms with van der Waals surface area (Å²) >= 11 is 0. The van der Waals surface area contributed by atoms with Crippen molar-refractivity contribution >= 4 is 11.9 Å². The maximum Gasteiger partial charge on any atom is 0.227 e. The lowest BCUT2D eigenvalue weighted by Gasteiger charge is -2.02. The van der Waals surface area contributed by atoms with Crippen LogP contribution in [0.1, 0.15) is 19.8 Å². The van der Waals surface area contributed by atoms with Gasteiger partial charge in [0.25, 0.3) is 0 Å². The summed E-state index contributed by atoms with van der Waals surface area (Å²) in [4.78, 5) is 14.7. The highest BCUT2D eigenvalue weighted by Gasteiger charge is 2.51. The summed E-state index contributed by atoms with van der Waals surface area (Å²) < 4.78 is 13.0. The van der Waals surface area contributed by atoms with Gasteiger partial charge in [-0.05, 0) is 13.3 Å². The Morgan fingerprint density at radius 1 is 1.85 bits per heavy atom. The van der Waals surface area contributed by atoms with Crippen molar-refractivity contribution in [1.29, 1.82) is 0 Å². The first-order valence-electron chi connectivity index (χ1n) is 4.16. The summed E-state index contributed by atoms with van der Waals surface area (Å²) in [5.41, 5.74) is 4.10. The molecule has 0 aliphatic heterocycles. The first-order valence-corrected chi connectivity index (χ1v) is 4.16. The second-order valence-corrected chi connectivity index (χ2v) is 3.54. The van der Waals surface area contributed by atoms with Crippen molar-refractivity contribution in [1.82, 2.24) is 5.32 Å². The van der Waals surface area contributed by atoms with E-state index in [0.29, 0.717) is 6.42 Å². The van der Waals surface area contributed by atoms with Crippen LogP contribution in [0, 0.1) is 5.92 Å². The van der Waals surface area contributed by atoms with Crippen LogP contribution < -0.4 is 11.1 Å². The Kier molecular flexibility index (Phi) is 2.54. The molecule has 0 heterocycles. The zero-order chi connectivity index (χ0) is 10.1. The van der Waals surface area contributed by atoms with Crippen LogP contribution in [0.4, 0.5) is 4.39 Å². The third-order valence-electron chi connectivity index (χ3n) is 2.28. The number of carbonyl (C=O) groups is 1. The van der Waals surface area contributed by atoms with Crippen molar-refractivity contribution in [3.05, 3.63) is 0 Å². The smallest absolute Gasteiger partial charge is 0.227 e. The van der Waals surface area contributed by atoms with Crippen molar-refractivity contribution in [2.75, 3.05) is 7.05 Å². The average molecular weight is 187 g/mol. The van der Waals surface area contributed by atoms with Crippen molar-refractivity contribution < 1.29 is 9.18 Å². The fourth-order valence-corrected chi connectivity index (χ4v) is 1.18. The molecular formula is C8H14FN3O. The summed E-state index contributed by atoms with van der Waals surface area (Å²) in [6, 6.07) is 0. The Hall–Kier alpha value is -1.13. The van der Waals surface area contributed by atoms with E-state index in [4.69, 9.17) is 5.73 Å². The Labute approximate surface area is 76.4 Å². The van der Waals surface area contributed by atoms with E-state index in [2.05, 4.69) is 10.3 Å². The Morgan fingerprint density at radius 2 is 2.38 bits per heavy atom. The van der Waals surface area contributed by atoms with E-state index in [-0.39, 0.29) is 24.2 Å². The molecule has 1 rings (SSSR count). The van der Waals surface area contributed by atoms with Crippen LogP contribution >= 0.6 is 0 Å². The molecule has 13 heavy (non-hydrogen) atoms. The maximum atomic E-state index is 13.0. The average Bonchev–Trinajstić information content (AvgIpc) is 2.58. The van der Waals surface area contributed by atoms with Gasteiger partial charge in [0.15, 0.2) is 5.96 Å². The molecule has 1 aliphatic rings. The minimum Gasteiger partial charge on any atom is -0.370 e. The van der Waals surface area contributed by atoms with Gasteiger partial charge in [0.1, 0.15) is 5.67 Å². The van der Waals surface area contributed by atoms with Gasteiger partial charge in [-0.25, -0.2) is 4.39 Å². The van der Waals surface area contributed by atoms with Gasteiger partial charge in [0, 0.05) is 19.4 Å². The number of carbonyl (C=O) groups excluding carboxylic acids is 1. The van der Waals surface area contributed by atoms with Crippen LogP contribution in [0.25, 0.3) is 0 Å². The lowest BCUT2D eigenvalue weighted by atomic mass is 10.2. The fourth-order valence-electron chi connectivity index (χ4n) is 1.18. The first-order chi connectivity index (χ1) is 5.95. The second kappa shape index (κ2) is 3.32. The van der Waals surface area contributed by atoms with Gasteiger partial charge in [0.2, 0.25) is 5.91 Å². The Balaban J connectivity index is 2.28. The van der Waals surface area contributed by atoms with Crippen LogP contribution in [-0.2, 0) is 4.79 Å². The number of hydrogen-bond acceptors (Lipinski definition) is 2. The molecule has 1 fully saturated rings. The zero-order valence-corrected chi connectivity index (χ0v) is 7.80. The normalized spacial score (nSPS) is 32.8. The minimum absolute atomic E-state index is 0.0752. The van der Waals surface area contributed by atoms with Crippen molar-refractivity contribution in [3.63, 3.8) is 0 Å². The molecule has 1 saturated carbocycles. The van der Waals surface area contributed by atoms with E-state index in [1.165, 1.54) is 14.0 Å². The van der Waals surface area contributed by atoms with Gasteiger partial charge < -0.3 is 5.73 Å². The minimum atomic E-state index is -1.16. The molecule has 0 aromatic carbocycles. The van der Waals surface area contributed by atoms with E-state index >= 15 is 0 Å². The number of nitrogens with two attached hydrogens (primary N) is 1. The number of guanidine groups is 1. The quantitative estimate of drug-likeness (QED) is 0.478. The lowest BCUT2D eigenvalue weighted by Crippen LogP contribution is -2.36. The van der Waals surface area contributed by atoms with Gasteiger partial charge in [0.05, 0.1) is 0 Å². The second-order valence-electron chi connectivity index (χ2n) is 3.54. The standard InChI is InChI=1S/C8H14FN3O/c1-8(9)4-5(8)3-6(13)12-7(10)11-2/h5H,3-4H2,1-2H3,(H3,10,11,12,13). The molecule has 0 spiro atoms. The highest BCUT2D eigenvalue weighted by Crippen LogP contribution is 2.48. The third kappa shape index (κ3) is 2.68. The summed E-state index contributed by atoms with van der Waals surface area (Å²) in [7, 11) is 1.48. The van der Waals surface area contributed by atoms with Crippen molar-refractivity contribution in [2.45, 2.75) is 25.4 Å². The number of alkyl halides is 1.